The first-order valence-corrected chi connectivity index (χ1v) is 4.35. The van der Waals surface area contributed by atoms with Crippen molar-refractivity contribution in [1.82, 2.24) is 0 Å². The molecule has 0 amide bonds. The van der Waals surface area contributed by atoms with Crippen LogP contribution in [0.15, 0.2) is 36.2 Å². The number of benzene rings is 1. The fourth-order valence-electron chi connectivity index (χ4n) is 1.16. The SMILES string of the molecule is COc1ccccc1C/C=C(/F)CO. The van der Waals surface area contributed by atoms with Gasteiger partial charge >= 0.3 is 0 Å². The summed E-state index contributed by atoms with van der Waals surface area (Å²) in [6, 6.07) is 7.40. The summed E-state index contributed by atoms with van der Waals surface area (Å²) in [6.45, 7) is -0.546. The monoisotopic (exact) mass is 196 g/mol. The molecule has 2 nitrogen and oxygen atoms in total. The van der Waals surface area contributed by atoms with Gasteiger partial charge in [-0.2, -0.15) is 0 Å². The molecule has 0 heterocycles. The lowest BCUT2D eigenvalue weighted by atomic mass is 10.1. The third-order valence-electron chi connectivity index (χ3n) is 1.89. The number of ether oxygens (including phenoxy) is 1. The average molecular weight is 196 g/mol. The lowest BCUT2D eigenvalue weighted by Crippen LogP contribution is -1.91. The van der Waals surface area contributed by atoms with Crippen molar-refractivity contribution < 1.29 is 14.2 Å². The Balaban J connectivity index is 2.76. The highest BCUT2D eigenvalue weighted by Crippen LogP contribution is 2.18. The van der Waals surface area contributed by atoms with Gasteiger partial charge in [-0.05, 0) is 24.1 Å². The number of aliphatic hydroxyl groups is 1. The van der Waals surface area contributed by atoms with Crippen molar-refractivity contribution >= 4 is 0 Å². The Morgan fingerprint density at radius 3 is 2.86 bits per heavy atom. The molecule has 76 valence electrons. The van der Waals surface area contributed by atoms with Crippen molar-refractivity contribution in [2.24, 2.45) is 0 Å². The number of methoxy groups -OCH3 is 1. The maximum atomic E-state index is 12.6. The minimum Gasteiger partial charge on any atom is -0.496 e. The number of aliphatic hydroxyl groups excluding tert-OH is 1. The molecule has 14 heavy (non-hydrogen) atoms. The minimum absolute atomic E-state index is 0.427. The van der Waals surface area contributed by atoms with Gasteiger partial charge in [0.05, 0.1) is 13.7 Å². The first kappa shape index (κ1) is 10.7. The van der Waals surface area contributed by atoms with Gasteiger partial charge in [0, 0.05) is 0 Å². The number of para-hydroxylation sites is 1. The van der Waals surface area contributed by atoms with Crippen molar-refractivity contribution in [3.8, 4) is 5.75 Å². The minimum atomic E-state index is -0.546. The summed E-state index contributed by atoms with van der Waals surface area (Å²) < 4.78 is 17.7. The number of hydrogen-bond acceptors (Lipinski definition) is 2. The maximum absolute atomic E-state index is 12.6. The molecule has 0 spiro atoms. The zero-order valence-corrected chi connectivity index (χ0v) is 8.03. The van der Waals surface area contributed by atoms with Crippen LogP contribution in [-0.2, 0) is 6.42 Å². The molecule has 1 aromatic carbocycles. The Kier molecular flexibility index (Phi) is 4.13. The molecule has 0 aliphatic heterocycles. The van der Waals surface area contributed by atoms with Crippen LogP contribution in [-0.4, -0.2) is 18.8 Å². The maximum Gasteiger partial charge on any atom is 0.122 e. The number of halogens is 1. The van der Waals surface area contributed by atoms with E-state index in [2.05, 4.69) is 0 Å². The second-order valence-corrected chi connectivity index (χ2v) is 2.83. The molecule has 0 aromatic heterocycles. The van der Waals surface area contributed by atoms with E-state index in [1.165, 1.54) is 6.08 Å². The second-order valence-electron chi connectivity index (χ2n) is 2.83. The van der Waals surface area contributed by atoms with Crippen molar-refractivity contribution in [2.45, 2.75) is 6.42 Å². The van der Waals surface area contributed by atoms with E-state index in [0.29, 0.717) is 6.42 Å². The van der Waals surface area contributed by atoms with Crippen molar-refractivity contribution in [1.29, 1.82) is 0 Å². The summed E-state index contributed by atoms with van der Waals surface area (Å²) >= 11 is 0. The molecule has 0 aliphatic rings. The quantitative estimate of drug-likeness (QED) is 0.798. The topological polar surface area (TPSA) is 29.5 Å². The van der Waals surface area contributed by atoms with Crippen LogP contribution >= 0.6 is 0 Å². The molecule has 3 heteroatoms. The molecule has 1 aromatic rings. The van der Waals surface area contributed by atoms with E-state index in [-0.39, 0.29) is 0 Å². The number of rotatable bonds is 4. The summed E-state index contributed by atoms with van der Waals surface area (Å²) in [5, 5.41) is 8.46. The first-order chi connectivity index (χ1) is 6.77. The standard InChI is InChI=1S/C11H13FO2/c1-14-11-5-3-2-4-9(11)6-7-10(12)8-13/h2-5,7,13H,6,8H2,1H3/b10-7+. The van der Waals surface area contributed by atoms with E-state index >= 15 is 0 Å². The second kappa shape index (κ2) is 5.40. The lowest BCUT2D eigenvalue weighted by molar-refractivity contribution is 0.297. The van der Waals surface area contributed by atoms with Gasteiger partial charge in [0.1, 0.15) is 11.6 Å². The summed E-state index contributed by atoms with van der Waals surface area (Å²) in [5.41, 5.74) is 0.901. The number of hydrogen-bond donors (Lipinski definition) is 1. The van der Waals surface area contributed by atoms with Gasteiger partial charge < -0.3 is 9.84 Å². The van der Waals surface area contributed by atoms with Gasteiger partial charge in [0.2, 0.25) is 0 Å². The average Bonchev–Trinajstić information content (AvgIpc) is 2.26. The zero-order valence-electron chi connectivity index (χ0n) is 8.03. The van der Waals surface area contributed by atoms with Crippen LogP contribution in [0.4, 0.5) is 4.39 Å². The van der Waals surface area contributed by atoms with Gasteiger partial charge in [-0.1, -0.05) is 18.2 Å². The summed E-state index contributed by atoms with van der Waals surface area (Å²) in [5.74, 6) is 0.213. The van der Waals surface area contributed by atoms with E-state index in [0.717, 1.165) is 11.3 Å². The van der Waals surface area contributed by atoms with Gasteiger partial charge in [-0.25, -0.2) is 4.39 Å². The van der Waals surface area contributed by atoms with Crippen LogP contribution in [0.2, 0.25) is 0 Å². The summed E-state index contributed by atoms with van der Waals surface area (Å²) in [4.78, 5) is 0. The van der Waals surface area contributed by atoms with E-state index in [1.807, 2.05) is 24.3 Å². The molecule has 0 unspecified atom stereocenters. The molecule has 0 saturated carbocycles. The molecule has 0 bridgehead atoms. The first-order valence-electron chi connectivity index (χ1n) is 4.35. The molecular formula is C11H13FO2. The molecular weight excluding hydrogens is 183 g/mol. The van der Waals surface area contributed by atoms with Crippen LogP contribution in [0, 0.1) is 0 Å². The van der Waals surface area contributed by atoms with Crippen molar-refractivity contribution in [3.05, 3.63) is 41.7 Å². The molecule has 0 radical (unpaired) electrons. The molecule has 0 saturated heterocycles. The van der Waals surface area contributed by atoms with Crippen molar-refractivity contribution in [3.63, 3.8) is 0 Å². The Labute approximate surface area is 82.6 Å². The smallest absolute Gasteiger partial charge is 0.122 e. The predicted octanol–water partition coefficient (Wildman–Crippen LogP) is 2.08. The molecule has 0 aliphatic carbocycles. The van der Waals surface area contributed by atoms with Crippen LogP contribution < -0.4 is 4.74 Å². The van der Waals surface area contributed by atoms with Gasteiger partial charge in [-0.15, -0.1) is 0 Å². The zero-order chi connectivity index (χ0) is 10.4. The third-order valence-corrected chi connectivity index (χ3v) is 1.89. The predicted molar refractivity (Wildman–Crippen MR) is 53.0 cm³/mol. The fourth-order valence-corrected chi connectivity index (χ4v) is 1.16. The van der Waals surface area contributed by atoms with Crippen molar-refractivity contribution in [2.75, 3.05) is 13.7 Å². The summed E-state index contributed by atoms with van der Waals surface area (Å²) in [7, 11) is 1.57. The van der Waals surface area contributed by atoms with E-state index < -0.39 is 12.4 Å². The van der Waals surface area contributed by atoms with E-state index in [9.17, 15) is 4.39 Å². The van der Waals surface area contributed by atoms with E-state index in [4.69, 9.17) is 9.84 Å². The van der Waals surface area contributed by atoms with E-state index in [1.54, 1.807) is 7.11 Å². The highest BCUT2D eigenvalue weighted by atomic mass is 19.1. The molecule has 1 N–H and O–H groups in total. The lowest BCUT2D eigenvalue weighted by Gasteiger charge is -2.05. The Bertz CT molecular complexity index is 321. The molecule has 1 rings (SSSR count). The Morgan fingerprint density at radius 2 is 2.21 bits per heavy atom. The normalized spacial score (nSPS) is 11.5. The Morgan fingerprint density at radius 1 is 1.50 bits per heavy atom. The fraction of sp³-hybridized carbons (Fsp3) is 0.273. The van der Waals surface area contributed by atoms with Crippen LogP contribution in [0.5, 0.6) is 5.75 Å². The largest absolute Gasteiger partial charge is 0.496 e. The van der Waals surface area contributed by atoms with Gasteiger partial charge in [-0.3, -0.25) is 0 Å². The molecule has 0 fully saturated rings. The summed E-state index contributed by atoms with van der Waals surface area (Å²) in [6.07, 6.45) is 1.77. The number of allylic oxidation sites excluding steroid dienone is 1. The van der Waals surface area contributed by atoms with Gasteiger partial charge in [0.15, 0.2) is 0 Å². The van der Waals surface area contributed by atoms with Crippen LogP contribution in [0.3, 0.4) is 0 Å². The molecule has 0 atom stereocenters. The highest BCUT2D eigenvalue weighted by molar-refractivity contribution is 5.34. The van der Waals surface area contributed by atoms with Crippen LogP contribution in [0.1, 0.15) is 5.56 Å². The Hall–Kier alpha value is -1.35. The van der Waals surface area contributed by atoms with Gasteiger partial charge in [0.25, 0.3) is 0 Å². The third kappa shape index (κ3) is 2.85. The van der Waals surface area contributed by atoms with Crippen LogP contribution in [0.25, 0.3) is 0 Å². The highest BCUT2D eigenvalue weighted by Gasteiger charge is 1.99.